The lowest BCUT2D eigenvalue weighted by Crippen LogP contribution is -2.36. The van der Waals surface area contributed by atoms with E-state index in [0.717, 1.165) is 18.7 Å². The molecule has 0 aromatic carbocycles. The maximum Gasteiger partial charge on any atom is 0.134 e. The third-order valence-corrected chi connectivity index (χ3v) is 3.38. The second kappa shape index (κ2) is 5.49. The molecule has 0 aliphatic rings. The Morgan fingerprint density at radius 2 is 2.33 bits per heavy atom. The van der Waals surface area contributed by atoms with Crippen molar-refractivity contribution in [3.63, 3.8) is 0 Å². The number of aliphatic hydroxyl groups is 1. The van der Waals surface area contributed by atoms with E-state index in [1.54, 1.807) is 18.4 Å². The van der Waals surface area contributed by atoms with Gasteiger partial charge in [-0.05, 0) is 24.8 Å². The van der Waals surface area contributed by atoms with Gasteiger partial charge >= 0.3 is 0 Å². The van der Waals surface area contributed by atoms with Crippen LogP contribution in [0.5, 0.6) is 5.75 Å². The van der Waals surface area contributed by atoms with Gasteiger partial charge in [0.15, 0.2) is 0 Å². The third-order valence-electron chi connectivity index (χ3n) is 2.48. The van der Waals surface area contributed by atoms with Gasteiger partial charge in [-0.25, -0.2) is 0 Å². The highest BCUT2D eigenvalue weighted by molar-refractivity contribution is 7.10. The van der Waals surface area contributed by atoms with Crippen molar-refractivity contribution in [2.75, 3.05) is 13.7 Å². The standard InChI is InChI=1S/C11H19NO2S/c1-4-11(2,13)8-12-7-10-9(14-3)5-6-15-10/h5-6,12-13H,4,7-8H2,1-3H3. The molecular formula is C11H19NO2S. The highest BCUT2D eigenvalue weighted by Gasteiger charge is 2.16. The molecule has 1 atom stereocenters. The summed E-state index contributed by atoms with van der Waals surface area (Å²) in [7, 11) is 1.67. The van der Waals surface area contributed by atoms with Crippen molar-refractivity contribution in [1.82, 2.24) is 5.32 Å². The Hall–Kier alpha value is -0.580. The maximum absolute atomic E-state index is 9.79. The highest BCUT2D eigenvalue weighted by atomic mass is 32.1. The van der Waals surface area contributed by atoms with E-state index in [2.05, 4.69) is 5.32 Å². The molecule has 86 valence electrons. The van der Waals surface area contributed by atoms with Gasteiger partial charge in [0, 0.05) is 13.1 Å². The molecule has 0 aliphatic carbocycles. The van der Waals surface area contributed by atoms with E-state index < -0.39 is 5.60 Å². The van der Waals surface area contributed by atoms with E-state index in [1.807, 2.05) is 25.3 Å². The van der Waals surface area contributed by atoms with E-state index in [0.29, 0.717) is 6.54 Å². The van der Waals surface area contributed by atoms with Gasteiger partial charge in [0.05, 0.1) is 17.6 Å². The van der Waals surface area contributed by atoms with Gasteiger partial charge in [0.2, 0.25) is 0 Å². The van der Waals surface area contributed by atoms with E-state index in [9.17, 15) is 5.11 Å². The van der Waals surface area contributed by atoms with Crippen LogP contribution in [0.25, 0.3) is 0 Å². The first-order chi connectivity index (χ1) is 7.09. The van der Waals surface area contributed by atoms with Crippen molar-refractivity contribution in [3.8, 4) is 5.75 Å². The van der Waals surface area contributed by atoms with Crippen LogP contribution in [0.1, 0.15) is 25.1 Å². The van der Waals surface area contributed by atoms with Crippen LogP contribution in [0, 0.1) is 0 Å². The molecule has 1 aromatic heterocycles. The van der Waals surface area contributed by atoms with Gasteiger partial charge in [0.25, 0.3) is 0 Å². The van der Waals surface area contributed by atoms with Crippen LogP contribution >= 0.6 is 11.3 Å². The molecule has 0 saturated carbocycles. The second-order valence-electron chi connectivity index (χ2n) is 3.87. The molecule has 15 heavy (non-hydrogen) atoms. The summed E-state index contributed by atoms with van der Waals surface area (Å²) in [5.41, 5.74) is -0.621. The zero-order valence-corrected chi connectivity index (χ0v) is 10.4. The fourth-order valence-electron chi connectivity index (χ4n) is 1.21. The fraction of sp³-hybridized carbons (Fsp3) is 0.636. The Morgan fingerprint density at radius 1 is 1.60 bits per heavy atom. The molecule has 4 heteroatoms. The molecule has 0 fully saturated rings. The molecule has 0 bridgehead atoms. The molecule has 0 saturated heterocycles. The Kier molecular flexibility index (Phi) is 4.57. The zero-order valence-electron chi connectivity index (χ0n) is 9.54. The van der Waals surface area contributed by atoms with Gasteiger partial charge in [-0.2, -0.15) is 0 Å². The van der Waals surface area contributed by atoms with E-state index >= 15 is 0 Å². The summed E-state index contributed by atoms with van der Waals surface area (Å²) in [4.78, 5) is 1.17. The van der Waals surface area contributed by atoms with E-state index in [4.69, 9.17) is 4.74 Å². The van der Waals surface area contributed by atoms with Crippen LogP contribution in [-0.4, -0.2) is 24.4 Å². The molecule has 1 aromatic rings. The number of rotatable bonds is 6. The lowest BCUT2D eigenvalue weighted by atomic mass is 10.0. The predicted molar refractivity (Wildman–Crippen MR) is 63.5 cm³/mol. The molecule has 0 amide bonds. The minimum absolute atomic E-state index is 0.602. The van der Waals surface area contributed by atoms with Gasteiger partial charge in [-0.15, -0.1) is 11.3 Å². The topological polar surface area (TPSA) is 41.5 Å². The van der Waals surface area contributed by atoms with Crippen molar-refractivity contribution in [2.24, 2.45) is 0 Å². The normalized spacial score (nSPS) is 14.9. The summed E-state index contributed by atoms with van der Waals surface area (Å²) in [6.45, 7) is 5.17. The zero-order chi connectivity index (χ0) is 11.3. The quantitative estimate of drug-likeness (QED) is 0.784. The molecule has 1 heterocycles. The van der Waals surface area contributed by atoms with Crippen molar-refractivity contribution in [3.05, 3.63) is 16.3 Å². The molecule has 0 aliphatic heterocycles. The summed E-state index contributed by atoms with van der Waals surface area (Å²) >= 11 is 1.66. The molecule has 0 radical (unpaired) electrons. The largest absolute Gasteiger partial charge is 0.496 e. The van der Waals surface area contributed by atoms with Crippen LogP contribution in [0.3, 0.4) is 0 Å². The lowest BCUT2D eigenvalue weighted by molar-refractivity contribution is 0.0556. The second-order valence-corrected chi connectivity index (χ2v) is 4.87. The van der Waals surface area contributed by atoms with Gasteiger partial charge in [-0.3, -0.25) is 0 Å². The van der Waals surface area contributed by atoms with Crippen LogP contribution in [0.2, 0.25) is 0 Å². The minimum Gasteiger partial charge on any atom is -0.496 e. The summed E-state index contributed by atoms with van der Waals surface area (Å²) in [5.74, 6) is 0.920. The first kappa shape index (κ1) is 12.5. The monoisotopic (exact) mass is 229 g/mol. The summed E-state index contributed by atoms with van der Waals surface area (Å²) in [6.07, 6.45) is 0.752. The van der Waals surface area contributed by atoms with Crippen molar-refractivity contribution in [1.29, 1.82) is 0 Å². The van der Waals surface area contributed by atoms with E-state index in [-0.39, 0.29) is 0 Å². The van der Waals surface area contributed by atoms with Gasteiger partial charge in [-0.1, -0.05) is 6.92 Å². The lowest BCUT2D eigenvalue weighted by Gasteiger charge is -2.21. The smallest absolute Gasteiger partial charge is 0.134 e. The Bertz CT molecular complexity index is 297. The average Bonchev–Trinajstić information content (AvgIpc) is 2.65. The van der Waals surface area contributed by atoms with Crippen LogP contribution in [-0.2, 0) is 6.54 Å². The van der Waals surface area contributed by atoms with Crippen molar-refractivity contribution >= 4 is 11.3 Å². The minimum atomic E-state index is -0.621. The van der Waals surface area contributed by atoms with Crippen LogP contribution in [0.15, 0.2) is 11.4 Å². The van der Waals surface area contributed by atoms with Gasteiger partial charge in [0.1, 0.15) is 5.75 Å². The first-order valence-corrected chi connectivity index (χ1v) is 6.00. The van der Waals surface area contributed by atoms with Crippen LogP contribution < -0.4 is 10.1 Å². The molecule has 1 rings (SSSR count). The summed E-state index contributed by atoms with van der Waals surface area (Å²) in [6, 6.07) is 1.96. The summed E-state index contributed by atoms with van der Waals surface area (Å²) < 4.78 is 5.20. The van der Waals surface area contributed by atoms with Crippen molar-refractivity contribution < 1.29 is 9.84 Å². The highest BCUT2D eigenvalue weighted by Crippen LogP contribution is 2.24. The van der Waals surface area contributed by atoms with E-state index in [1.165, 1.54) is 4.88 Å². The number of ether oxygens (including phenoxy) is 1. The molecule has 0 spiro atoms. The number of hydrogen-bond acceptors (Lipinski definition) is 4. The maximum atomic E-state index is 9.79. The molecule has 3 nitrogen and oxygen atoms in total. The number of nitrogens with one attached hydrogen (secondary N) is 1. The Balaban J connectivity index is 2.38. The van der Waals surface area contributed by atoms with Crippen LogP contribution in [0.4, 0.5) is 0 Å². The Labute approximate surface area is 95.1 Å². The molecule has 2 N–H and O–H groups in total. The Morgan fingerprint density at radius 3 is 2.93 bits per heavy atom. The van der Waals surface area contributed by atoms with Crippen molar-refractivity contribution in [2.45, 2.75) is 32.4 Å². The fourth-order valence-corrected chi connectivity index (χ4v) is 2.02. The number of methoxy groups -OCH3 is 1. The average molecular weight is 229 g/mol. The SMILES string of the molecule is CCC(C)(O)CNCc1sccc1OC. The first-order valence-electron chi connectivity index (χ1n) is 5.12. The summed E-state index contributed by atoms with van der Waals surface area (Å²) in [5, 5.41) is 15.0. The molecule has 1 unspecified atom stereocenters. The third kappa shape index (κ3) is 3.81. The molecular weight excluding hydrogens is 210 g/mol. The number of hydrogen-bond donors (Lipinski definition) is 2. The number of thiophene rings is 1. The van der Waals surface area contributed by atoms with Gasteiger partial charge < -0.3 is 15.2 Å². The predicted octanol–water partition coefficient (Wildman–Crippen LogP) is 2.01.